The normalized spacial score (nSPS) is 16.5. The lowest BCUT2D eigenvalue weighted by Gasteiger charge is -2.18. The van der Waals surface area contributed by atoms with Gasteiger partial charge in [0.05, 0.1) is 5.69 Å². The molecule has 2 aromatic rings. The molecule has 0 spiro atoms. The largest absolute Gasteiger partial charge is 0.282 e. The molecule has 128 valence electrons. The number of carbonyl (C=O) groups is 2. The summed E-state index contributed by atoms with van der Waals surface area (Å²) in [7, 11) is 0. The van der Waals surface area contributed by atoms with E-state index >= 15 is 0 Å². The highest BCUT2D eigenvalue weighted by Crippen LogP contribution is 2.25. The monoisotopic (exact) mass is 338 g/mol. The fourth-order valence-electron chi connectivity index (χ4n) is 2.60. The lowest BCUT2D eigenvalue weighted by Crippen LogP contribution is -2.35. The van der Waals surface area contributed by atoms with Crippen LogP contribution in [0.3, 0.4) is 0 Å². The molecule has 0 aromatic heterocycles. The molecular weight excluding hydrogens is 319 g/mol. The molecule has 1 fully saturated rings. The molecular formula is C20H19FN2O2. The van der Waals surface area contributed by atoms with Gasteiger partial charge in [0, 0.05) is 0 Å². The Kier molecular flexibility index (Phi) is 4.17. The predicted molar refractivity (Wildman–Crippen MR) is 95.1 cm³/mol. The van der Waals surface area contributed by atoms with Gasteiger partial charge in [0.1, 0.15) is 11.4 Å². The van der Waals surface area contributed by atoms with E-state index in [2.05, 4.69) is 26.2 Å². The van der Waals surface area contributed by atoms with Crippen LogP contribution >= 0.6 is 0 Å². The van der Waals surface area contributed by atoms with Gasteiger partial charge in [0.15, 0.2) is 0 Å². The zero-order valence-electron chi connectivity index (χ0n) is 14.3. The predicted octanol–water partition coefficient (Wildman–Crippen LogP) is 3.58. The van der Waals surface area contributed by atoms with Crippen molar-refractivity contribution in [1.29, 1.82) is 0 Å². The van der Waals surface area contributed by atoms with E-state index in [1.54, 1.807) is 12.1 Å². The summed E-state index contributed by atoms with van der Waals surface area (Å²) in [6.45, 7) is 6.35. The van der Waals surface area contributed by atoms with Crippen molar-refractivity contribution in [2.45, 2.75) is 26.2 Å². The molecule has 0 radical (unpaired) electrons. The first-order chi connectivity index (χ1) is 11.8. The molecule has 0 saturated carbocycles. The van der Waals surface area contributed by atoms with Crippen molar-refractivity contribution in [3.63, 3.8) is 0 Å². The van der Waals surface area contributed by atoms with Crippen LogP contribution in [0.15, 0.2) is 54.1 Å². The Balaban J connectivity index is 1.88. The number of amides is 2. The van der Waals surface area contributed by atoms with Crippen molar-refractivity contribution in [2.24, 2.45) is 0 Å². The Hall–Kier alpha value is -2.95. The van der Waals surface area contributed by atoms with Crippen LogP contribution in [0.1, 0.15) is 31.9 Å². The van der Waals surface area contributed by atoms with Crippen LogP contribution in [0.5, 0.6) is 0 Å². The summed E-state index contributed by atoms with van der Waals surface area (Å²) in [5.74, 6) is -1.49. The first-order valence-electron chi connectivity index (χ1n) is 7.99. The molecule has 3 rings (SSSR count). The first-order valence-corrected chi connectivity index (χ1v) is 7.99. The van der Waals surface area contributed by atoms with E-state index in [-0.39, 0.29) is 16.7 Å². The fourth-order valence-corrected chi connectivity index (χ4v) is 2.60. The number of anilines is 1. The Labute approximate surface area is 145 Å². The van der Waals surface area contributed by atoms with Crippen molar-refractivity contribution in [3.8, 4) is 0 Å². The minimum atomic E-state index is -0.505. The number of carbonyl (C=O) groups excluding carboxylic acids is 2. The van der Waals surface area contributed by atoms with Crippen LogP contribution in [0, 0.1) is 5.82 Å². The second-order valence-corrected chi connectivity index (χ2v) is 6.99. The van der Waals surface area contributed by atoms with Crippen molar-refractivity contribution in [3.05, 3.63) is 71.0 Å². The number of hydrogen-bond donors (Lipinski definition) is 1. The van der Waals surface area contributed by atoms with Gasteiger partial charge in [-0.05, 0) is 40.8 Å². The highest BCUT2D eigenvalue weighted by Gasteiger charge is 2.34. The highest BCUT2D eigenvalue weighted by atomic mass is 19.1. The Morgan fingerprint density at radius 1 is 1.04 bits per heavy atom. The average molecular weight is 338 g/mol. The van der Waals surface area contributed by atoms with Crippen molar-refractivity contribution in [1.82, 2.24) is 5.43 Å². The summed E-state index contributed by atoms with van der Waals surface area (Å²) < 4.78 is 13.4. The molecule has 5 heteroatoms. The third-order valence-electron chi connectivity index (χ3n) is 4.05. The number of hydrazine groups is 1. The molecule has 1 saturated heterocycles. The molecule has 2 aromatic carbocycles. The average Bonchev–Trinajstić information content (AvgIpc) is 2.83. The smallest absolute Gasteiger partial charge is 0.267 e. The second-order valence-electron chi connectivity index (χ2n) is 6.99. The van der Waals surface area contributed by atoms with Crippen LogP contribution in [-0.4, -0.2) is 11.8 Å². The standard InChI is InChI=1S/C20H19FN2O2/c1-20(2,3)14-9-7-13(8-10-14)11-17-18(24)22-23(19(17)25)16-6-4-5-15(21)12-16/h4-12H,1-3H3,(H,22,24). The molecule has 1 aliphatic rings. The summed E-state index contributed by atoms with van der Waals surface area (Å²) in [4.78, 5) is 24.7. The summed E-state index contributed by atoms with van der Waals surface area (Å²) in [5.41, 5.74) is 4.72. The maximum atomic E-state index is 13.4. The van der Waals surface area contributed by atoms with E-state index in [0.717, 1.165) is 10.6 Å². The van der Waals surface area contributed by atoms with E-state index in [0.29, 0.717) is 0 Å². The quantitative estimate of drug-likeness (QED) is 0.672. The Morgan fingerprint density at radius 2 is 1.72 bits per heavy atom. The molecule has 0 aliphatic carbocycles. The molecule has 0 atom stereocenters. The maximum absolute atomic E-state index is 13.4. The highest BCUT2D eigenvalue weighted by molar-refractivity contribution is 6.31. The molecule has 1 aliphatic heterocycles. The first kappa shape index (κ1) is 16.9. The second kappa shape index (κ2) is 6.16. The third-order valence-corrected chi connectivity index (χ3v) is 4.05. The zero-order chi connectivity index (χ0) is 18.2. The van der Waals surface area contributed by atoms with Crippen LogP contribution < -0.4 is 10.4 Å². The molecule has 0 unspecified atom stereocenters. The van der Waals surface area contributed by atoms with Gasteiger partial charge in [0.2, 0.25) is 0 Å². The Morgan fingerprint density at radius 3 is 2.32 bits per heavy atom. The van der Waals surface area contributed by atoms with Crippen LogP contribution in [-0.2, 0) is 15.0 Å². The third kappa shape index (κ3) is 3.45. The van der Waals surface area contributed by atoms with E-state index < -0.39 is 17.6 Å². The summed E-state index contributed by atoms with van der Waals surface area (Å²) in [6, 6.07) is 13.2. The number of halogens is 1. The molecule has 4 nitrogen and oxygen atoms in total. The van der Waals surface area contributed by atoms with Crippen molar-refractivity contribution >= 4 is 23.6 Å². The van der Waals surface area contributed by atoms with Crippen LogP contribution in [0.25, 0.3) is 6.08 Å². The van der Waals surface area contributed by atoms with Gasteiger partial charge >= 0.3 is 0 Å². The minimum absolute atomic E-state index is 0.0211. The van der Waals surface area contributed by atoms with Crippen LogP contribution in [0.4, 0.5) is 10.1 Å². The number of nitrogens with one attached hydrogen (secondary N) is 1. The minimum Gasteiger partial charge on any atom is -0.267 e. The van der Waals surface area contributed by atoms with E-state index in [1.165, 1.54) is 23.8 Å². The van der Waals surface area contributed by atoms with Gasteiger partial charge in [-0.2, -0.15) is 0 Å². The van der Waals surface area contributed by atoms with Gasteiger partial charge in [-0.3, -0.25) is 15.0 Å². The lowest BCUT2D eigenvalue weighted by atomic mass is 9.86. The Bertz CT molecular complexity index is 864. The zero-order valence-corrected chi connectivity index (χ0v) is 14.3. The number of nitrogens with zero attached hydrogens (tertiary/aromatic N) is 1. The van der Waals surface area contributed by atoms with Crippen molar-refractivity contribution < 1.29 is 14.0 Å². The molecule has 1 N–H and O–H groups in total. The molecule has 25 heavy (non-hydrogen) atoms. The van der Waals surface area contributed by atoms with E-state index in [9.17, 15) is 14.0 Å². The topological polar surface area (TPSA) is 49.4 Å². The molecule has 0 bridgehead atoms. The van der Waals surface area contributed by atoms with Gasteiger partial charge in [0.25, 0.3) is 11.8 Å². The van der Waals surface area contributed by atoms with Crippen molar-refractivity contribution in [2.75, 3.05) is 5.01 Å². The molecule has 1 heterocycles. The van der Waals surface area contributed by atoms with E-state index in [1.807, 2.05) is 24.3 Å². The van der Waals surface area contributed by atoms with Gasteiger partial charge < -0.3 is 0 Å². The number of hydrogen-bond acceptors (Lipinski definition) is 2. The number of rotatable bonds is 2. The van der Waals surface area contributed by atoms with Crippen LogP contribution in [0.2, 0.25) is 0 Å². The van der Waals surface area contributed by atoms with Gasteiger partial charge in [-0.1, -0.05) is 51.1 Å². The molecule has 2 amide bonds. The van der Waals surface area contributed by atoms with Gasteiger partial charge in [-0.15, -0.1) is 0 Å². The number of benzene rings is 2. The summed E-state index contributed by atoms with van der Waals surface area (Å²) in [6.07, 6.45) is 1.55. The summed E-state index contributed by atoms with van der Waals surface area (Å²) >= 11 is 0. The maximum Gasteiger partial charge on any atom is 0.282 e. The fraction of sp³-hybridized carbons (Fsp3) is 0.200. The lowest BCUT2D eigenvalue weighted by molar-refractivity contribution is -0.117. The van der Waals surface area contributed by atoms with E-state index in [4.69, 9.17) is 0 Å². The van der Waals surface area contributed by atoms with Gasteiger partial charge in [-0.25, -0.2) is 9.40 Å². The summed E-state index contributed by atoms with van der Waals surface area (Å²) in [5, 5.41) is 1.06. The SMILES string of the molecule is CC(C)(C)c1ccc(C=C2C(=O)NN(c3cccc(F)c3)C2=O)cc1.